The molecule has 0 aliphatic carbocycles. The van der Waals surface area contributed by atoms with Gasteiger partial charge in [-0.1, -0.05) is 105 Å². The van der Waals surface area contributed by atoms with Gasteiger partial charge in [-0.05, 0) is 40.9 Å². The van der Waals surface area contributed by atoms with Crippen LogP contribution in [0.5, 0.6) is 0 Å². The molecule has 39 heavy (non-hydrogen) atoms. The predicted octanol–water partition coefficient (Wildman–Crippen LogP) is 4.18. The SMILES string of the molecule is C=CC[C@H](O[Si](c1ccccc1)(c1ccccc1)C(C)(C)C)[C@H]1OC(=O)[C@H]2[C@@H]1N2S(=O)(=O)c1ccc(C)cc1. The lowest BCUT2D eigenvalue weighted by molar-refractivity contribution is -0.149. The molecule has 0 N–H and O–H groups in total. The third-order valence-corrected chi connectivity index (χ3v) is 14.7. The summed E-state index contributed by atoms with van der Waals surface area (Å²) in [6.45, 7) is 12.4. The molecule has 204 valence electrons. The van der Waals surface area contributed by atoms with Gasteiger partial charge in [-0.15, -0.1) is 6.58 Å². The number of esters is 1. The lowest BCUT2D eigenvalue weighted by Crippen LogP contribution is -2.68. The maximum Gasteiger partial charge on any atom is 0.326 e. The molecule has 0 bridgehead atoms. The first-order valence-electron chi connectivity index (χ1n) is 13.2. The van der Waals surface area contributed by atoms with Gasteiger partial charge in [0.15, 0.2) is 0 Å². The molecular formula is C31H35NO5SSi. The summed E-state index contributed by atoms with van der Waals surface area (Å²) in [4.78, 5) is 13.2. The summed E-state index contributed by atoms with van der Waals surface area (Å²) in [5.74, 6) is -0.527. The third-order valence-electron chi connectivity index (χ3n) is 7.74. The summed E-state index contributed by atoms with van der Waals surface area (Å²) in [7, 11) is -6.87. The van der Waals surface area contributed by atoms with E-state index in [2.05, 4.69) is 51.6 Å². The normalized spacial score (nSPS) is 23.5. The van der Waals surface area contributed by atoms with Gasteiger partial charge in [0.25, 0.3) is 8.32 Å². The van der Waals surface area contributed by atoms with Crippen LogP contribution >= 0.6 is 0 Å². The van der Waals surface area contributed by atoms with E-state index in [1.54, 1.807) is 30.3 Å². The zero-order chi connectivity index (χ0) is 28.0. The van der Waals surface area contributed by atoms with Crippen molar-refractivity contribution in [3.63, 3.8) is 0 Å². The Bertz CT molecular complexity index is 1410. The highest BCUT2D eigenvalue weighted by Gasteiger charge is 2.71. The Kier molecular flexibility index (Phi) is 7.18. The van der Waals surface area contributed by atoms with Gasteiger partial charge < -0.3 is 9.16 Å². The minimum Gasteiger partial charge on any atom is -0.457 e. The van der Waals surface area contributed by atoms with E-state index in [0.29, 0.717) is 6.42 Å². The Morgan fingerprint density at radius 2 is 1.51 bits per heavy atom. The second-order valence-corrected chi connectivity index (χ2v) is 17.4. The molecular weight excluding hydrogens is 526 g/mol. The van der Waals surface area contributed by atoms with Gasteiger partial charge in [-0.3, -0.25) is 4.79 Å². The van der Waals surface area contributed by atoms with Crippen molar-refractivity contribution in [1.29, 1.82) is 0 Å². The molecule has 6 nitrogen and oxygen atoms in total. The summed E-state index contributed by atoms with van der Waals surface area (Å²) in [6, 6.07) is 25.7. The van der Waals surface area contributed by atoms with Crippen LogP contribution in [0.25, 0.3) is 0 Å². The number of sulfonamides is 1. The fourth-order valence-corrected chi connectivity index (χ4v) is 12.3. The summed E-state index contributed by atoms with van der Waals surface area (Å²) < 4.78 is 41.5. The Morgan fingerprint density at radius 3 is 2.00 bits per heavy atom. The lowest BCUT2D eigenvalue weighted by Gasteiger charge is -2.46. The van der Waals surface area contributed by atoms with E-state index in [1.807, 2.05) is 43.3 Å². The summed E-state index contributed by atoms with van der Waals surface area (Å²) in [5, 5.41) is 1.89. The van der Waals surface area contributed by atoms with E-state index in [9.17, 15) is 13.2 Å². The number of benzene rings is 3. The third kappa shape index (κ3) is 4.69. The van der Waals surface area contributed by atoms with Gasteiger partial charge in [0.2, 0.25) is 10.0 Å². The minimum absolute atomic E-state index is 0.169. The van der Waals surface area contributed by atoms with Gasteiger partial charge in [-0.25, -0.2) is 8.42 Å². The number of ether oxygens (including phenoxy) is 1. The number of cyclic esters (lactones) is 1. The van der Waals surface area contributed by atoms with Crippen LogP contribution < -0.4 is 10.4 Å². The van der Waals surface area contributed by atoms with E-state index in [0.717, 1.165) is 15.9 Å². The van der Waals surface area contributed by atoms with Gasteiger partial charge in [0, 0.05) is 0 Å². The molecule has 2 saturated heterocycles. The predicted molar refractivity (Wildman–Crippen MR) is 155 cm³/mol. The van der Waals surface area contributed by atoms with Crippen molar-refractivity contribution in [1.82, 2.24) is 4.31 Å². The molecule has 0 saturated carbocycles. The van der Waals surface area contributed by atoms with E-state index in [1.165, 1.54) is 4.31 Å². The number of fused-ring (bicyclic) bond motifs is 1. The molecule has 1 unspecified atom stereocenters. The van der Waals surface area contributed by atoms with E-state index < -0.39 is 48.6 Å². The number of rotatable bonds is 9. The zero-order valence-electron chi connectivity index (χ0n) is 22.8. The average molecular weight is 562 g/mol. The average Bonchev–Trinajstić information content (AvgIpc) is 3.59. The Morgan fingerprint density at radius 1 is 0.974 bits per heavy atom. The summed E-state index contributed by atoms with van der Waals surface area (Å²) >= 11 is 0. The van der Waals surface area contributed by atoms with Crippen molar-refractivity contribution >= 4 is 34.7 Å². The van der Waals surface area contributed by atoms with Gasteiger partial charge >= 0.3 is 5.97 Å². The number of carbonyl (C=O) groups is 1. The van der Waals surface area contributed by atoms with Crippen molar-refractivity contribution in [3.8, 4) is 0 Å². The lowest BCUT2D eigenvalue weighted by atomic mass is 10.1. The second kappa shape index (κ2) is 10.2. The molecule has 0 spiro atoms. The first kappa shape index (κ1) is 27.5. The molecule has 2 fully saturated rings. The molecule has 8 heteroatoms. The first-order valence-corrected chi connectivity index (χ1v) is 16.6. The number of hydrogen-bond acceptors (Lipinski definition) is 5. The second-order valence-electron chi connectivity index (χ2n) is 11.3. The fourth-order valence-electron chi connectivity index (χ4n) is 5.84. The van der Waals surface area contributed by atoms with E-state index in [4.69, 9.17) is 9.16 Å². The molecule has 3 aromatic carbocycles. The number of aryl methyl sites for hydroxylation is 1. The fraction of sp³-hybridized carbons (Fsp3) is 0.323. The summed E-state index contributed by atoms with van der Waals surface area (Å²) in [6.07, 6.45) is 0.836. The van der Waals surface area contributed by atoms with Gasteiger partial charge in [-0.2, -0.15) is 4.31 Å². The maximum absolute atomic E-state index is 13.5. The van der Waals surface area contributed by atoms with E-state index >= 15 is 0 Å². The van der Waals surface area contributed by atoms with Crippen LogP contribution in [0.15, 0.2) is 102 Å². The summed E-state index contributed by atoms with van der Waals surface area (Å²) in [5.41, 5.74) is 0.960. The van der Waals surface area contributed by atoms with Crippen LogP contribution in [0, 0.1) is 6.92 Å². The molecule has 0 amide bonds. The van der Waals surface area contributed by atoms with Gasteiger partial charge in [0.1, 0.15) is 12.1 Å². The zero-order valence-corrected chi connectivity index (χ0v) is 24.6. The van der Waals surface area contributed by atoms with Crippen LogP contribution in [0.1, 0.15) is 32.8 Å². The van der Waals surface area contributed by atoms with Crippen molar-refractivity contribution < 1.29 is 22.4 Å². The molecule has 5 atom stereocenters. The standard InChI is InChI=1S/C31H35NO5SSi/c1-6-13-26(29-27-28(30(33)36-29)32(27)38(34,35)23-20-18-22(2)19-21-23)37-39(31(3,4)5,24-14-9-7-10-15-24)25-16-11-8-12-17-25/h6-12,14-21,26-29H,1,13H2,2-5H3/t26-,27-,28+,29+,32?/m0/s1. The monoisotopic (exact) mass is 561 g/mol. The van der Waals surface area contributed by atoms with Crippen molar-refractivity contribution in [3.05, 3.63) is 103 Å². The highest BCUT2D eigenvalue weighted by Crippen LogP contribution is 2.47. The van der Waals surface area contributed by atoms with Gasteiger partial charge in [0.05, 0.1) is 17.0 Å². The Hall–Kier alpha value is -3.04. The molecule has 2 aliphatic rings. The number of morpholine rings is 1. The smallest absolute Gasteiger partial charge is 0.326 e. The minimum atomic E-state index is -3.87. The number of hydrogen-bond donors (Lipinski definition) is 0. The van der Waals surface area contributed by atoms with Crippen molar-refractivity contribution in [2.45, 2.75) is 68.3 Å². The van der Waals surface area contributed by atoms with E-state index in [-0.39, 0.29) is 9.93 Å². The van der Waals surface area contributed by atoms with Crippen LogP contribution in [0.2, 0.25) is 5.04 Å². The topological polar surface area (TPSA) is 72.7 Å². The van der Waals surface area contributed by atoms with Crippen LogP contribution in [-0.4, -0.2) is 51.3 Å². The molecule has 3 aromatic rings. The maximum atomic E-state index is 13.5. The quantitative estimate of drug-likeness (QED) is 0.170. The molecule has 5 rings (SSSR count). The van der Waals surface area contributed by atoms with Crippen LogP contribution in [-0.2, 0) is 24.0 Å². The Balaban J connectivity index is 1.56. The molecule has 2 heterocycles. The van der Waals surface area contributed by atoms with Crippen LogP contribution in [0.4, 0.5) is 0 Å². The first-order chi connectivity index (χ1) is 18.5. The molecule has 2 aliphatic heterocycles. The van der Waals surface area contributed by atoms with Crippen molar-refractivity contribution in [2.24, 2.45) is 0 Å². The van der Waals surface area contributed by atoms with Crippen LogP contribution in [0.3, 0.4) is 0 Å². The van der Waals surface area contributed by atoms with Crippen molar-refractivity contribution in [2.75, 3.05) is 0 Å². The number of nitrogens with zero attached hydrogens (tertiary/aromatic N) is 1. The largest absolute Gasteiger partial charge is 0.457 e. The highest BCUT2D eigenvalue weighted by molar-refractivity contribution is 7.89. The highest BCUT2D eigenvalue weighted by atomic mass is 32.2. The Labute approximate surface area is 232 Å². The molecule has 0 aromatic heterocycles. The molecule has 0 radical (unpaired) electrons. The number of carbonyl (C=O) groups excluding carboxylic acids is 1.